The molecular weight excluding hydrogens is 320 g/mol. The van der Waals surface area contributed by atoms with Gasteiger partial charge in [-0.25, -0.2) is 0 Å². The van der Waals surface area contributed by atoms with Crippen molar-refractivity contribution >= 4 is 11.9 Å². The molecule has 3 rings (SSSR count). The summed E-state index contributed by atoms with van der Waals surface area (Å²) in [6.45, 7) is 4.20. The van der Waals surface area contributed by atoms with Gasteiger partial charge in [-0.15, -0.1) is 0 Å². The summed E-state index contributed by atoms with van der Waals surface area (Å²) < 4.78 is 21.4. The van der Waals surface area contributed by atoms with E-state index in [4.69, 9.17) is 18.9 Å². The Hall–Kier alpha value is -3.21. The molecule has 2 aromatic rings. The molecule has 0 aromatic heterocycles. The summed E-state index contributed by atoms with van der Waals surface area (Å²) in [6, 6.07) is 10.6. The van der Waals surface area contributed by atoms with Gasteiger partial charge in [-0.2, -0.15) is 0 Å². The van der Waals surface area contributed by atoms with Gasteiger partial charge in [0.1, 0.15) is 6.61 Å². The molecule has 5 nitrogen and oxygen atoms in total. The zero-order valence-corrected chi connectivity index (χ0v) is 13.9. The molecule has 0 saturated heterocycles. The maximum absolute atomic E-state index is 12.3. The fourth-order valence-corrected chi connectivity index (χ4v) is 2.37. The van der Waals surface area contributed by atoms with Crippen LogP contribution in [0.2, 0.25) is 0 Å². The van der Waals surface area contributed by atoms with Crippen LogP contribution in [-0.2, 0) is 0 Å². The third-order valence-electron chi connectivity index (χ3n) is 3.63. The van der Waals surface area contributed by atoms with E-state index >= 15 is 0 Å². The van der Waals surface area contributed by atoms with E-state index in [0.717, 1.165) is 5.56 Å². The van der Waals surface area contributed by atoms with Crippen molar-refractivity contribution in [2.24, 2.45) is 0 Å². The van der Waals surface area contributed by atoms with Gasteiger partial charge in [-0.1, -0.05) is 24.8 Å². The van der Waals surface area contributed by atoms with Crippen molar-refractivity contribution in [2.75, 3.05) is 20.5 Å². The molecule has 1 aliphatic heterocycles. The maximum atomic E-state index is 12.3. The van der Waals surface area contributed by atoms with Crippen LogP contribution in [0.25, 0.3) is 6.08 Å². The van der Waals surface area contributed by atoms with Gasteiger partial charge in [-0.05, 0) is 42.0 Å². The minimum Gasteiger partial charge on any atom is -0.493 e. The summed E-state index contributed by atoms with van der Waals surface area (Å²) in [7, 11) is 1.57. The zero-order chi connectivity index (χ0) is 17.6. The summed E-state index contributed by atoms with van der Waals surface area (Å²) in [5.41, 5.74) is 1.37. The minimum atomic E-state index is -0.121. The van der Waals surface area contributed by atoms with Crippen LogP contribution in [0.3, 0.4) is 0 Å². The smallest absolute Gasteiger partial charge is 0.231 e. The molecule has 0 unspecified atom stereocenters. The Morgan fingerprint density at radius 1 is 1.16 bits per heavy atom. The van der Waals surface area contributed by atoms with E-state index in [1.54, 1.807) is 43.5 Å². The highest BCUT2D eigenvalue weighted by Gasteiger charge is 2.15. The van der Waals surface area contributed by atoms with Crippen LogP contribution >= 0.6 is 0 Å². The van der Waals surface area contributed by atoms with Crippen LogP contribution in [0.5, 0.6) is 23.0 Å². The molecule has 5 heteroatoms. The second kappa shape index (κ2) is 7.57. The maximum Gasteiger partial charge on any atom is 0.231 e. The first-order valence-electron chi connectivity index (χ1n) is 7.75. The molecule has 128 valence electrons. The van der Waals surface area contributed by atoms with Gasteiger partial charge in [0.2, 0.25) is 6.79 Å². The van der Waals surface area contributed by atoms with E-state index < -0.39 is 0 Å². The van der Waals surface area contributed by atoms with Crippen molar-refractivity contribution in [3.8, 4) is 23.0 Å². The average Bonchev–Trinajstić information content (AvgIpc) is 3.12. The Morgan fingerprint density at radius 2 is 2.00 bits per heavy atom. The van der Waals surface area contributed by atoms with Crippen molar-refractivity contribution in [1.82, 2.24) is 0 Å². The highest BCUT2D eigenvalue weighted by Crippen LogP contribution is 2.33. The number of fused-ring (bicyclic) bond motifs is 1. The number of ketones is 1. The fraction of sp³-hybridized carbons (Fsp3) is 0.150. The lowest BCUT2D eigenvalue weighted by Crippen LogP contribution is -1.97. The van der Waals surface area contributed by atoms with Gasteiger partial charge in [0.05, 0.1) is 7.11 Å². The van der Waals surface area contributed by atoms with Crippen LogP contribution in [0.1, 0.15) is 15.9 Å². The summed E-state index contributed by atoms with van der Waals surface area (Å²) in [4.78, 5) is 12.3. The largest absolute Gasteiger partial charge is 0.493 e. The van der Waals surface area contributed by atoms with Crippen LogP contribution in [-0.4, -0.2) is 26.3 Å². The first kappa shape index (κ1) is 16.6. The minimum absolute atomic E-state index is 0.121. The van der Waals surface area contributed by atoms with Crippen LogP contribution in [0.15, 0.2) is 55.1 Å². The van der Waals surface area contributed by atoms with Crippen molar-refractivity contribution in [3.05, 3.63) is 66.3 Å². The Bertz CT molecular complexity index is 823. The Labute approximate surface area is 146 Å². The topological polar surface area (TPSA) is 54.0 Å². The molecule has 1 aliphatic rings. The summed E-state index contributed by atoms with van der Waals surface area (Å²) in [6.07, 6.45) is 4.90. The number of hydrogen-bond donors (Lipinski definition) is 0. The Balaban J connectivity index is 1.74. The molecule has 1 heterocycles. The SMILES string of the molecule is C=CCOc1ccc(/C=C/C(=O)c2ccc3c(c2)OCO3)cc1OC. The molecule has 0 radical (unpaired) electrons. The van der Waals surface area contributed by atoms with Gasteiger partial charge >= 0.3 is 0 Å². The number of benzene rings is 2. The van der Waals surface area contributed by atoms with Gasteiger partial charge in [0, 0.05) is 5.56 Å². The summed E-state index contributed by atoms with van der Waals surface area (Å²) in [5.74, 6) is 2.34. The van der Waals surface area contributed by atoms with Gasteiger partial charge in [0.15, 0.2) is 28.8 Å². The molecule has 2 aromatic carbocycles. The van der Waals surface area contributed by atoms with Gasteiger partial charge in [0.25, 0.3) is 0 Å². The fourth-order valence-electron chi connectivity index (χ4n) is 2.37. The van der Waals surface area contributed by atoms with Gasteiger partial charge < -0.3 is 18.9 Å². The first-order valence-corrected chi connectivity index (χ1v) is 7.75. The van der Waals surface area contributed by atoms with Crippen molar-refractivity contribution in [2.45, 2.75) is 0 Å². The predicted octanol–water partition coefficient (Wildman–Crippen LogP) is 3.88. The molecule has 25 heavy (non-hydrogen) atoms. The molecule has 0 saturated carbocycles. The number of allylic oxidation sites excluding steroid dienone is 1. The Morgan fingerprint density at radius 3 is 2.80 bits per heavy atom. The van der Waals surface area contributed by atoms with Crippen molar-refractivity contribution < 1.29 is 23.7 Å². The van der Waals surface area contributed by atoms with E-state index in [-0.39, 0.29) is 12.6 Å². The number of rotatable bonds is 7. The lowest BCUT2D eigenvalue weighted by molar-refractivity contribution is 0.104. The molecule has 0 aliphatic carbocycles. The molecule has 0 bridgehead atoms. The molecule has 0 N–H and O–H groups in total. The average molecular weight is 338 g/mol. The van der Waals surface area contributed by atoms with Crippen LogP contribution < -0.4 is 18.9 Å². The number of carbonyl (C=O) groups excluding carboxylic acids is 1. The first-order chi connectivity index (χ1) is 12.2. The van der Waals surface area contributed by atoms with E-state index in [2.05, 4.69) is 6.58 Å². The van der Waals surface area contributed by atoms with E-state index in [1.165, 1.54) is 6.08 Å². The second-order valence-corrected chi connectivity index (χ2v) is 5.28. The van der Waals surface area contributed by atoms with Crippen molar-refractivity contribution in [1.29, 1.82) is 0 Å². The normalized spacial score (nSPS) is 12.2. The molecule has 0 atom stereocenters. The highest BCUT2D eigenvalue weighted by atomic mass is 16.7. The highest BCUT2D eigenvalue weighted by molar-refractivity contribution is 6.07. The number of methoxy groups -OCH3 is 1. The third kappa shape index (κ3) is 3.83. The quantitative estimate of drug-likeness (QED) is 0.436. The van der Waals surface area contributed by atoms with E-state index in [1.807, 2.05) is 12.1 Å². The van der Waals surface area contributed by atoms with Crippen LogP contribution in [0, 0.1) is 0 Å². The molecule has 0 fully saturated rings. The second-order valence-electron chi connectivity index (χ2n) is 5.28. The van der Waals surface area contributed by atoms with Crippen LogP contribution in [0.4, 0.5) is 0 Å². The standard InChI is InChI=1S/C20H18O5/c1-3-10-23-17-8-5-14(11-19(17)22-2)4-7-16(21)15-6-9-18-20(12-15)25-13-24-18/h3-9,11-12H,1,10,13H2,2H3/b7-4+. The Kier molecular flexibility index (Phi) is 5.04. The van der Waals surface area contributed by atoms with Crippen molar-refractivity contribution in [3.63, 3.8) is 0 Å². The third-order valence-corrected chi connectivity index (χ3v) is 3.63. The number of carbonyl (C=O) groups is 1. The van der Waals surface area contributed by atoms with E-state index in [0.29, 0.717) is 35.2 Å². The predicted molar refractivity (Wildman–Crippen MR) is 94.6 cm³/mol. The summed E-state index contributed by atoms with van der Waals surface area (Å²) >= 11 is 0. The molecule has 0 spiro atoms. The van der Waals surface area contributed by atoms with Gasteiger partial charge in [-0.3, -0.25) is 4.79 Å². The molecular formula is C20H18O5. The zero-order valence-electron chi connectivity index (χ0n) is 13.9. The monoisotopic (exact) mass is 338 g/mol. The lowest BCUT2D eigenvalue weighted by atomic mass is 10.1. The lowest BCUT2D eigenvalue weighted by Gasteiger charge is -2.09. The molecule has 0 amide bonds. The number of hydrogen-bond acceptors (Lipinski definition) is 5. The van der Waals surface area contributed by atoms with E-state index in [9.17, 15) is 4.79 Å². The summed E-state index contributed by atoms with van der Waals surface area (Å²) in [5, 5.41) is 0. The number of ether oxygens (including phenoxy) is 4.